The van der Waals surface area contributed by atoms with E-state index in [2.05, 4.69) is 21.7 Å². The molecule has 0 atom stereocenters. The normalized spacial score (nSPS) is 12.6. The van der Waals surface area contributed by atoms with E-state index in [0.29, 0.717) is 10.6 Å². The molecule has 0 fully saturated rings. The van der Waals surface area contributed by atoms with Gasteiger partial charge in [0.15, 0.2) is 0 Å². The molecular weight excluding hydrogens is 583 g/mol. The molecule has 34 heavy (non-hydrogen) atoms. The van der Waals surface area contributed by atoms with Crippen LogP contribution in [0.2, 0.25) is 13.7 Å². The maximum Gasteiger partial charge on any atom is 0.288 e. The highest BCUT2D eigenvalue weighted by Gasteiger charge is 2.28. The highest BCUT2D eigenvalue weighted by Crippen LogP contribution is 2.36. The highest BCUT2D eigenvalue weighted by atomic mass is 35.5. The Morgan fingerprint density at radius 3 is 2.21 bits per heavy atom. The van der Waals surface area contributed by atoms with Crippen LogP contribution in [-0.2, 0) is 20.0 Å². The van der Waals surface area contributed by atoms with Crippen LogP contribution in [-0.4, -0.2) is 36.9 Å². The third-order valence-electron chi connectivity index (χ3n) is 4.38. The lowest BCUT2D eigenvalue weighted by atomic mass is 10.2. The SMILES string of the molecule is Cc1cc(S(=O)(=O)/N=C(/[N-]S(=O)(=O)c2cc(Cl)sc2Cl)[n+]2ccc(N(C)C)cc2)c(S)cc1Cl. The zero-order valence-electron chi connectivity index (χ0n) is 17.8. The number of hydrogen-bond donors (Lipinski definition) is 1. The molecule has 0 aliphatic rings. The molecule has 0 saturated heterocycles. The smallest absolute Gasteiger partial charge is 0.288 e. The van der Waals surface area contributed by atoms with Crippen molar-refractivity contribution in [3.63, 3.8) is 0 Å². The second-order valence-corrected chi connectivity index (χ2v) is 13.4. The van der Waals surface area contributed by atoms with Crippen LogP contribution in [0.25, 0.3) is 4.72 Å². The number of pyridine rings is 1. The lowest BCUT2D eigenvalue weighted by molar-refractivity contribution is -0.553. The van der Waals surface area contributed by atoms with Gasteiger partial charge in [0.1, 0.15) is 14.1 Å². The van der Waals surface area contributed by atoms with Crippen LogP contribution >= 0.6 is 58.8 Å². The maximum atomic E-state index is 13.2. The van der Waals surface area contributed by atoms with Crippen LogP contribution in [0.4, 0.5) is 5.69 Å². The summed E-state index contributed by atoms with van der Waals surface area (Å²) >= 11 is 22.9. The number of hydrogen-bond acceptors (Lipinski definition) is 7. The Kier molecular flexibility index (Phi) is 8.13. The number of anilines is 1. The first-order valence-corrected chi connectivity index (χ1v) is 14.4. The fraction of sp³-hybridized carbons (Fsp3) is 0.158. The van der Waals surface area contributed by atoms with Crippen LogP contribution in [0.5, 0.6) is 0 Å². The molecule has 3 rings (SSSR count). The van der Waals surface area contributed by atoms with Gasteiger partial charge in [0.05, 0.1) is 4.34 Å². The summed E-state index contributed by atoms with van der Waals surface area (Å²) in [6, 6.07) is 7.06. The lowest BCUT2D eigenvalue weighted by Gasteiger charge is -2.15. The van der Waals surface area contributed by atoms with Crippen molar-refractivity contribution in [3.05, 3.63) is 66.7 Å². The molecule has 0 spiro atoms. The average molecular weight is 600 g/mol. The average Bonchev–Trinajstić information content (AvgIpc) is 3.08. The maximum absolute atomic E-state index is 13.2. The van der Waals surface area contributed by atoms with E-state index in [4.69, 9.17) is 34.8 Å². The first-order valence-electron chi connectivity index (χ1n) is 9.17. The quantitative estimate of drug-likeness (QED) is 0.192. The molecule has 182 valence electrons. The molecule has 2 heterocycles. The van der Waals surface area contributed by atoms with Crippen molar-refractivity contribution in [1.29, 1.82) is 0 Å². The van der Waals surface area contributed by atoms with Crippen molar-refractivity contribution in [2.24, 2.45) is 4.40 Å². The Morgan fingerprint density at radius 1 is 1.06 bits per heavy atom. The van der Waals surface area contributed by atoms with Gasteiger partial charge in [0.2, 0.25) is 0 Å². The monoisotopic (exact) mass is 598 g/mol. The molecular formula is C19H17Cl3N4O4S4. The molecule has 15 heteroatoms. The van der Waals surface area contributed by atoms with Crippen molar-refractivity contribution in [1.82, 2.24) is 0 Å². The number of aryl methyl sites for hydroxylation is 1. The zero-order valence-corrected chi connectivity index (χ0v) is 23.4. The van der Waals surface area contributed by atoms with Gasteiger partial charge in [0.25, 0.3) is 26.0 Å². The van der Waals surface area contributed by atoms with E-state index >= 15 is 0 Å². The van der Waals surface area contributed by atoms with E-state index in [0.717, 1.165) is 27.7 Å². The van der Waals surface area contributed by atoms with Gasteiger partial charge in [0, 0.05) is 42.1 Å². The molecule has 0 radical (unpaired) electrons. The highest BCUT2D eigenvalue weighted by molar-refractivity contribution is 7.95. The molecule has 0 aliphatic carbocycles. The molecule has 2 aromatic heterocycles. The molecule has 0 unspecified atom stereocenters. The minimum absolute atomic E-state index is 0.0437. The van der Waals surface area contributed by atoms with Crippen LogP contribution in [0, 0.1) is 6.92 Å². The Bertz CT molecular complexity index is 1490. The van der Waals surface area contributed by atoms with E-state index in [1.165, 1.54) is 24.5 Å². The molecule has 3 aromatic rings. The fourth-order valence-electron chi connectivity index (χ4n) is 2.63. The number of thiophene rings is 1. The largest absolute Gasteiger partial charge is 0.378 e. The van der Waals surface area contributed by atoms with Crippen molar-refractivity contribution >= 4 is 90.5 Å². The van der Waals surface area contributed by atoms with E-state index in [1.54, 1.807) is 19.1 Å². The number of thiol groups is 1. The lowest BCUT2D eigenvalue weighted by Crippen LogP contribution is -2.43. The van der Waals surface area contributed by atoms with Crippen LogP contribution in [0.1, 0.15) is 5.56 Å². The van der Waals surface area contributed by atoms with E-state index < -0.39 is 26.0 Å². The van der Waals surface area contributed by atoms with Crippen LogP contribution in [0.15, 0.2) is 61.8 Å². The van der Waals surface area contributed by atoms with Crippen LogP contribution < -0.4 is 9.47 Å². The Hall–Kier alpha value is -1.54. The number of halogens is 3. The van der Waals surface area contributed by atoms with Gasteiger partial charge in [-0.25, -0.2) is 0 Å². The standard InChI is InChI=1S/C19H17Cl3N4O4S4/c1-11-8-15(14(31)9-13(11)20)33(27,28)23-19(26-6-4-12(5-7-26)25(2)3)24-34(29,30)16-10-17(21)32-18(16)22/h4-10H,1-3H3,(H-,23,24,31). The number of benzene rings is 1. The number of rotatable bonds is 5. The minimum atomic E-state index is -4.47. The summed E-state index contributed by atoms with van der Waals surface area (Å²) in [5, 5.41) is 0.318. The number of sulfonamides is 2. The van der Waals surface area contributed by atoms with Gasteiger partial charge in [-0.2, -0.15) is 16.8 Å². The van der Waals surface area contributed by atoms with Crippen LogP contribution in [0.3, 0.4) is 0 Å². The predicted octanol–water partition coefficient (Wildman–Crippen LogP) is 5.01. The van der Waals surface area contributed by atoms with Crippen molar-refractivity contribution in [2.45, 2.75) is 21.6 Å². The summed E-state index contributed by atoms with van der Waals surface area (Å²) < 4.78 is 60.9. The van der Waals surface area contributed by atoms with Crippen molar-refractivity contribution in [3.8, 4) is 0 Å². The van der Waals surface area contributed by atoms with Gasteiger partial charge in [-0.15, -0.1) is 33.1 Å². The Balaban J connectivity index is 2.18. The molecule has 1 aromatic carbocycles. The summed E-state index contributed by atoms with van der Waals surface area (Å²) in [5.41, 5.74) is 1.25. The first kappa shape index (κ1) is 27.1. The molecule has 0 bridgehead atoms. The van der Waals surface area contributed by atoms with E-state index in [9.17, 15) is 16.8 Å². The number of aromatic nitrogens is 1. The molecule has 8 nitrogen and oxygen atoms in total. The second-order valence-electron chi connectivity index (χ2n) is 7.05. The Morgan fingerprint density at radius 2 is 1.68 bits per heavy atom. The summed E-state index contributed by atoms with van der Waals surface area (Å²) in [4.78, 5) is 1.23. The van der Waals surface area contributed by atoms with Crippen molar-refractivity contribution < 1.29 is 21.4 Å². The third-order valence-corrected chi connectivity index (χ3v) is 9.62. The molecule has 0 aliphatic heterocycles. The predicted molar refractivity (Wildman–Crippen MR) is 139 cm³/mol. The summed E-state index contributed by atoms with van der Waals surface area (Å²) in [6.07, 6.45) is 2.86. The molecule has 0 saturated carbocycles. The number of nitrogens with zero attached hydrogens (tertiary/aromatic N) is 4. The zero-order chi connectivity index (χ0) is 25.4. The van der Waals surface area contributed by atoms with Gasteiger partial charge in [-0.05, 0) is 42.8 Å². The molecule has 0 N–H and O–H groups in total. The van der Waals surface area contributed by atoms with E-state index in [-0.39, 0.29) is 23.4 Å². The summed E-state index contributed by atoms with van der Waals surface area (Å²) in [5.74, 6) is -0.635. The minimum Gasteiger partial charge on any atom is -0.378 e. The Labute approximate surface area is 222 Å². The second kappa shape index (κ2) is 10.2. The van der Waals surface area contributed by atoms with Gasteiger partial charge >= 0.3 is 0 Å². The fourth-order valence-corrected chi connectivity index (χ4v) is 7.62. The molecule has 0 amide bonds. The summed E-state index contributed by atoms with van der Waals surface area (Å²) in [6.45, 7) is 1.62. The van der Waals surface area contributed by atoms with Gasteiger partial charge in [-0.1, -0.05) is 34.8 Å². The van der Waals surface area contributed by atoms with Crippen molar-refractivity contribution in [2.75, 3.05) is 19.0 Å². The summed E-state index contributed by atoms with van der Waals surface area (Å²) in [7, 11) is -5.30. The topological polar surface area (TPSA) is 102 Å². The first-order chi connectivity index (χ1) is 15.7. The van der Waals surface area contributed by atoms with Gasteiger partial charge < -0.3 is 4.90 Å². The van der Waals surface area contributed by atoms with E-state index in [1.807, 2.05) is 19.0 Å². The van der Waals surface area contributed by atoms with Gasteiger partial charge in [-0.3, -0.25) is 4.57 Å². The third kappa shape index (κ3) is 5.99.